The van der Waals surface area contributed by atoms with Crippen LogP contribution in [0, 0.1) is 10.1 Å². The second-order valence-electron chi connectivity index (χ2n) is 7.03. The maximum absolute atomic E-state index is 12.8. The Hall–Kier alpha value is -3.03. The number of thiophene rings is 1. The second kappa shape index (κ2) is 9.85. The van der Waals surface area contributed by atoms with Gasteiger partial charge >= 0.3 is 6.16 Å². The van der Waals surface area contributed by atoms with Gasteiger partial charge in [-0.05, 0) is 23.6 Å². The van der Waals surface area contributed by atoms with Crippen LogP contribution in [0.15, 0.2) is 58.1 Å². The predicted molar refractivity (Wildman–Crippen MR) is 123 cm³/mol. The molecular formula is C20H17N3O7S3. The van der Waals surface area contributed by atoms with Crippen LogP contribution >= 0.6 is 34.9 Å². The minimum atomic E-state index is -1.54. The molecule has 0 radical (unpaired) electrons. The fraction of sp³-hybridized carbons (Fsp3) is 0.250. The largest absolute Gasteiger partial charge is 0.512 e. The van der Waals surface area contributed by atoms with Gasteiger partial charge < -0.3 is 15.2 Å². The second-order valence-corrected chi connectivity index (χ2v) is 10.2. The first-order valence-electron chi connectivity index (χ1n) is 9.60. The number of carboxylic acid groups (broad SMARTS) is 1. The summed E-state index contributed by atoms with van der Waals surface area (Å²) in [5.41, 5.74) is 0.585. The molecule has 0 spiro atoms. The third kappa shape index (κ3) is 5.15. The van der Waals surface area contributed by atoms with Crippen molar-refractivity contribution in [3.8, 4) is 0 Å². The van der Waals surface area contributed by atoms with Crippen LogP contribution in [-0.4, -0.2) is 55.8 Å². The number of carbonyl (C=O) groups is 3. The molecule has 1 aromatic heterocycles. The summed E-state index contributed by atoms with van der Waals surface area (Å²) in [5, 5.41) is 24.1. The van der Waals surface area contributed by atoms with E-state index in [1.54, 1.807) is 12.1 Å². The topological polar surface area (TPSA) is 139 Å². The highest BCUT2D eigenvalue weighted by atomic mass is 32.2. The fourth-order valence-corrected chi connectivity index (χ4v) is 6.39. The van der Waals surface area contributed by atoms with E-state index in [0.717, 1.165) is 9.77 Å². The molecule has 4 rings (SSSR count). The van der Waals surface area contributed by atoms with E-state index in [9.17, 15) is 29.6 Å². The molecule has 172 valence electrons. The van der Waals surface area contributed by atoms with Crippen molar-refractivity contribution in [3.63, 3.8) is 0 Å². The zero-order valence-corrected chi connectivity index (χ0v) is 19.3. The third-order valence-corrected chi connectivity index (χ3v) is 8.18. The molecule has 13 heteroatoms. The molecular weight excluding hydrogens is 490 g/mol. The first-order chi connectivity index (χ1) is 15.8. The Balaban J connectivity index is 1.44. The summed E-state index contributed by atoms with van der Waals surface area (Å²) in [7, 11) is 0. The van der Waals surface area contributed by atoms with Crippen molar-refractivity contribution >= 4 is 58.5 Å². The molecule has 2 N–H and O–H groups in total. The van der Waals surface area contributed by atoms with E-state index in [1.807, 2.05) is 17.5 Å². The molecule has 0 bridgehead atoms. The number of ether oxygens (including phenoxy) is 1. The number of nitro groups is 1. The van der Waals surface area contributed by atoms with Crippen LogP contribution in [0.4, 0.5) is 10.5 Å². The number of nitrogens with zero attached hydrogens (tertiary/aromatic N) is 2. The number of benzene rings is 1. The van der Waals surface area contributed by atoms with E-state index < -0.39 is 28.4 Å². The zero-order valence-electron chi connectivity index (χ0n) is 16.8. The van der Waals surface area contributed by atoms with Gasteiger partial charge in [0, 0.05) is 39.0 Å². The molecule has 2 atom stereocenters. The van der Waals surface area contributed by atoms with Crippen molar-refractivity contribution < 1.29 is 29.2 Å². The molecule has 3 heterocycles. The zero-order chi connectivity index (χ0) is 23.5. The number of amides is 2. The number of rotatable bonds is 8. The molecule has 0 unspecified atom stereocenters. The summed E-state index contributed by atoms with van der Waals surface area (Å²) < 4.78 is 4.96. The number of hydrogen-bond acceptors (Lipinski definition) is 9. The van der Waals surface area contributed by atoms with Gasteiger partial charge in [-0.3, -0.25) is 24.6 Å². The van der Waals surface area contributed by atoms with E-state index in [2.05, 4.69) is 5.32 Å². The van der Waals surface area contributed by atoms with Crippen LogP contribution in [-0.2, 0) is 20.7 Å². The van der Waals surface area contributed by atoms with E-state index in [1.165, 1.54) is 51.9 Å². The Bertz CT molecular complexity index is 1120. The summed E-state index contributed by atoms with van der Waals surface area (Å²) >= 11 is 4.21. The molecule has 33 heavy (non-hydrogen) atoms. The van der Waals surface area contributed by atoms with E-state index in [-0.39, 0.29) is 23.9 Å². The molecule has 0 aliphatic carbocycles. The van der Waals surface area contributed by atoms with Gasteiger partial charge in [-0.2, -0.15) is 0 Å². The smallest absolute Gasteiger partial charge is 0.449 e. The highest BCUT2D eigenvalue weighted by Crippen LogP contribution is 2.42. The van der Waals surface area contributed by atoms with Crippen molar-refractivity contribution in [2.24, 2.45) is 0 Å². The van der Waals surface area contributed by atoms with Crippen molar-refractivity contribution in [3.05, 3.63) is 68.2 Å². The normalized spacial score (nSPS) is 19.5. The number of nitro benzene ring substituents is 1. The molecule has 1 saturated heterocycles. The summed E-state index contributed by atoms with van der Waals surface area (Å²) in [6.45, 7) is 0. The molecule has 2 aliphatic heterocycles. The Kier molecular flexibility index (Phi) is 6.91. The average Bonchev–Trinajstić information content (AvgIpc) is 3.29. The van der Waals surface area contributed by atoms with Crippen LogP contribution in [0.3, 0.4) is 0 Å². The van der Waals surface area contributed by atoms with Crippen LogP contribution in [0.5, 0.6) is 0 Å². The minimum Gasteiger partial charge on any atom is -0.449 e. The monoisotopic (exact) mass is 507 g/mol. The molecule has 1 aromatic carbocycles. The van der Waals surface area contributed by atoms with Crippen LogP contribution < -0.4 is 5.32 Å². The van der Waals surface area contributed by atoms with Gasteiger partial charge in [-0.25, -0.2) is 4.79 Å². The number of hydrogen-bond donors (Lipinski definition) is 2. The Morgan fingerprint density at radius 1 is 1.30 bits per heavy atom. The van der Waals surface area contributed by atoms with Crippen molar-refractivity contribution in [1.29, 1.82) is 0 Å². The first kappa shape index (κ1) is 23.1. The fourth-order valence-electron chi connectivity index (χ4n) is 3.34. The number of carbonyl (C=O) groups excluding carboxylic acids is 2. The van der Waals surface area contributed by atoms with Gasteiger partial charge in [0.25, 0.3) is 11.6 Å². The van der Waals surface area contributed by atoms with Gasteiger partial charge in [-0.1, -0.05) is 6.07 Å². The predicted octanol–water partition coefficient (Wildman–Crippen LogP) is 3.30. The lowest BCUT2D eigenvalue weighted by molar-refractivity contribution is -0.384. The van der Waals surface area contributed by atoms with E-state index in [4.69, 9.17) is 4.74 Å². The van der Waals surface area contributed by atoms with Crippen molar-refractivity contribution in [2.75, 3.05) is 11.5 Å². The molecule has 1 fully saturated rings. The van der Waals surface area contributed by atoms with Gasteiger partial charge in [0.15, 0.2) is 0 Å². The number of thioether (sulfide) groups is 2. The van der Waals surface area contributed by atoms with E-state index >= 15 is 0 Å². The summed E-state index contributed by atoms with van der Waals surface area (Å²) in [5.74, 6) is 0.00343. The number of β-lactam (4-membered cyclic amide) rings is 1. The Labute approximate surface area is 200 Å². The number of fused-ring (bicyclic) bond motifs is 1. The number of nitrogens with one attached hydrogen (secondary N) is 1. The quantitative estimate of drug-likeness (QED) is 0.181. The summed E-state index contributed by atoms with van der Waals surface area (Å²) in [4.78, 5) is 49.6. The summed E-state index contributed by atoms with van der Waals surface area (Å²) in [6, 6.07) is 8.92. The van der Waals surface area contributed by atoms with Crippen LogP contribution in [0.2, 0.25) is 0 Å². The molecule has 2 aliphatic rings. The number of non-ortho nitro benzene ring substituents is 1. The molecule has 0 saturated carbocycles. The highest BCUT2D eigenvalue weighted by molar-refractivity contribution is 8.01. The average molecular weight is 508 g/mol. The highest BCUT2D eigenvalue weighted by Gasteiger charge is 2.54. The van der Waals surface area contributed by atoms with Crippen LogP contribution in [0.1, 0.15) is 4.88 Å². The van der Waals surface area contributed by atoms with Gasteiger partial charge in [-0.15, -0.1) is 34.9 Å². The van der Waals surface area contributed by atoms with E-state index in [0.29, 0.717) is 17.1 Å². The Morgan fingerprint density at radius 3 is 2.70 bits per heavy atom. The minimum absolute atomic E-state index is 0.0251. The lowest BCUT2D eigenvalue weighted by Crippen LogP contribution is -2.70. The third-order valence-electron chi connectivity index (χ3n) is 4.87. The molecule has 2 aromatic rings. The Morgan fingerprint density at radius 2 is 2.06 bits per heavy atom. The van der Waals surface area contributed by atoms with Gasteiger partial charge in [0.1, 0.15) is 11.4 Å². The van der Waals surface area contributed by atoms with Gasteiger partial charge in [0.2, 0.25) is 11.8 Å². The first-order valence-corrected chi connectivity index (χ1v) is 12.5. The molecule has 10 nitrogen and oxygen atoms in total. The maximum Gasteiger partial charge on any atom is 0.512 e. The lowest BCUT2D eigenvalue weighted by atomic mass is 10.1. The SMILES string of the molecule is O=C(Cc1cccs1)N[C@@H]1C(=O)N2C(OC(=O)O)=C(CSc3ccc([N+](=O)[O-])cc3)CS[C@@H]12. The van der Waals surface area contributed by atoms with Crippen molar-refractivity contribution in [2.45, 2.75) is 22.7 Å². The van der Waals surface area contributed by atoms with Crippen LogP contribution in [0.25, 0.3) is 0 Å². The lowest BCUT2D eigenvalue weighted by Gasteiger charge is -2.49. The molecule has 2 amide bonds. The van der Waals surface area contributed by atoms with Gasteiger partial charge in [0.05, 0.1) is 11.3 Å². The standard InChI is InChI=1S/C20H17N3O7S3/c24-15(8-14-2-1-7-31-14)21-16-17(25)22-18(30-20(26)27)11(10-33-19(16)22)9-32-13-5-3-12(4-6-13)23(28)29/h1-7,16,19H,8-10H2,(H,21,24)(H,26,27)/t16-,19+/m1/s1. The van der Waals surface area contributed by atoms with Crippen molar-refractivity contribution in [1.82, 2.24) is 10.2 Å². The summed E-state index contributed by atoms with van der Waals surface area (Å²) in [6.07, 6.45) is -1.36. The maximum atomic E-state index is 12.8.